The van der Waals surface area contributed by atoms with Crippen molar-refractivity contribution in [3.63, 3.8) is 0 Å². The maximum atomic E-state index is 13.0. The number of carbonyl (C=O) groups excluding carboxylic acids is 1. The number of Topliss-reactive ketones (excluding diaryl/α,β-unsaturated/α-hetero) is 1. The molecular formula is C18H15BrCl2O2. The molecular weight excluding hydrogens is 399 g/mol. The van der Waals surface area contributed by atoms with Gasteiger partial charge < -0.3 is 4.74 Å². The predicted octanol–water partition coefficient (Wildman–Crippen LogP) is 5.62. The van der Waals surface area contributed by atoms with Crippen molar-refractivity contribution < 1.29 is 9.53 Å². The van der Waals surface area contributed by atoms with Gasteiger partial charge in [-0.25, -0.2) is 0 Å². The van der Waals surface area contributed by atoms with Crippen molar-refractivity contribution in [3.05, 3.63) is 64.1 Å². The number of ether oxygens (including phenoxy) is 1. The van der Waals surface area contributed by atoms with Crippen LogP contribution in [0.3, 0.4) is 0 Å². The summed E-state index contributed by atoms with van der Waals surface area (Å²) in [4.78, 5) is 13.0. The van der Waals surface area contributed by atoms with Gasteiger partial charge in [-0.05, 0) is 48.9 Å². The van der Waals surface area contributed by atoms with Crippen LogP contribution in [0.4, 0.5) is 0 Å². The average molecular weight is 414 g/mol. The fourth-order valence-corrected chi connectivity index (χ4v) is 4.29. The lowest BCUT2D eigenvalue weighted by molar-refractivity contribution is 0.0906. The van der Waals surface area contributed by atoms with Crippen LogP contribution in [0.2, 0.25) is 0 Å². The molecule has 23 heavy (non-hydrogen) atoms. The standard InChI is InChI=1S/C18H15BrCl2O2/c1-17(16(22)12-5-9-14(23-2)10-6-12)15(18(17,20)21)11-3-7-13(19)8-4-11/h3-10,15H,1-2H3. The first-order valence-corrected chi connectivity index (χ1v) is 8.69. The first-order chi connectivity index (χ1) is 10.8. The summed E-state index contributed by atoms with van der Waals surface area (Å²) in [5, 5.41) is 0. The maximum Gasteiger partial charge on any atom is 0.172 e. The summed E-state index contributed by atoms with van der Waals surface area (Å²) >= 11 is 16.4. The van der Waals surface area contributed by atoms with E-state index in [-0.39, 0.29) is 11.7 Å². The Balaban J connectivity index is 1.93. The third-order valence-electron chi connectivity index (χ3n) is 4.58. The molecule has 2 unspecified atom stereocenters. The Morgan fingerprint density at radius 3 is 2.17 bits per heavy atom. The van der Waals surface area contributed by atoms with Gasteiger partial charge in [-0.3, -0.25) is 4.79 Å². The first-order valence-electron chi connectivity index (χ1n) is 7.14. The molecule has 2 aromatic rings. The topological polar surface area (TPSA) is 26.3 Å². The van der Waals surface area contributed by atoms with Crippen molar-refractivity contribution in [2.75, 3.05) is 7.11 Å². The number of alkyl halides is 2. The van der Waals surface area contributed by atoms with Gasteiger partial charge in [0.15, 0.2) is 5.78 Å². The molecule has 0 aromatic heterocycles. The molecule has 2 nitrogen and oxygen atoms in total. The second-order valence-electron chi connectivity index (χ2n) is 5.87. The molecule has 3 rings (SSSR count). The zero-order chi connectivity index (χ0) is 16.8. The Kier molecular flexibility index (Phi) is 4.24. The normalized spacial score (nSPS) is 25.0. The average Bonchev–Trinajstić information content (AvgIpc) is 3.01. The number of ketones is 1. The Morgan fingerprint density at radius 1 is 1.09 bits per heavy atom. The SMILES string of the molecule is COc1ccc(C(=O)C2(C)C(c3ccc(Br)cc3)C2(Cl)Cl)cc1. The largest absolute Gasteiger partial charge is 0.497 e. The van der Waals surface area contributed by atoms with Crippen molar-refractivity contribution in [1.82, 2.24) is 0 Å². The number of hydrogen-bond acceptors (Lipinski definition) is 2. The Hall–Kier alpha value is -1.03. The fourth-order valence-electron chi connectivity index (χ4n) is 3.05. The van der Waals surface area contributed by atoms with E-state index >= 15 is 0 Å². The Morgan fingerprint density at radius 2 is 1.65 bits per heavy atom. The van der Waals surface area contributed by atoms with E-state index in [0.717, 1.165) is 10.0 Å². The van der Waals surface area contributed by atoms with Gasteiger partial charge in [0.2, 0.25) is 0 Å². The van der Waals surface area contributed by atoms with Crippen LogP contribution in [-0.2, 0) is 0 Å². The Bertz CT molecular complexity index is 741. The van der Waals surface area contributed by atoms with Crippen LogP contribution in [0.1, 0.15) is 28.8 Å². The van der Waals surface area contributed by atoms with Crippen LogP contribution in [0, 0.1) is 5.41 Å². The molecule has 2 atom stereocenters. The summed E-state index contributed by atoms with van der Waals surface area (Å²) in [5.74, 6) is 0.411. The highest BCUT2D eigenvalue weighted by atomic mass is 79.9. The molecule has 0 bridgehead atoms. The van der Waals surface area contributed by atoms with E-state index in [9.17, 15) is 4.79 Å². The summed E-state index contributed by atoms with van der Waals surface area (Å²) < 4.78 is 4.98. The third-order valence-corrected chi connectivity index (χ3v) is 6.33. The summed E-state index contributed by atoms with van der Waals surface area (Å²) in [6.45, 7) is 1.83. The molecule has 5 heteroatoms. The van der Waals surface area contributed by atoms with E-state index in [0.29, 0.717) is 11.3 Å². The highest BCUT2D eigenvalue weighted by Gasteiger charge is 2.77. The molecule has 0 aliphatic heterocycles. The molecule has 120 valence electrons. The van der Waals surface area contributed by atoms with Gasteiger partial charge in [-0.15, -0.1) is 0 Å². The van der Waals surface area contributed by atoms with E-state index in [1.165, 1.54) is 0 Å². The lowest BCUT2D eigenvalue weighted by atomic mass is 9.92. The zero-order valence-electron chi connectivity index (χ0n) is 12.6. The quantitative estimate of drug-likeness (QED) is 0.480. The lowest BCUT2D eigenvalue weighted by Crippen LogP contribution is -2.19. The first kappa shape index (κ1) is 16.8. The van der Waals surface area contributed by atoms with Crippen molar-refractivity contribution in [3.8, 4) is 5.75 Å². The minimum atomic E-state index is -1.11. The van der Waals surface area contributed by atoms with Crippen molar-refractivity contribution in [2.24, 2.45) is 5.41 Å². The summed E-state index contributed by atoms with van der Waals surface area (Å²) in [7, 11) is 1.59. The number of hydrogen-bond donors (Lipinski definition) is 0. The molecule has 1 fully saturated rings. The van der Waals surface area contributed by atoms with Crippen LogP contribution >= 0.6 is 39.1 Å². The number of methoxy groups -OCH3 is 1. The molecule has 1 saturated carbocycles. The molecule has 0 amide bonds. The number of halogens is 3. The van der Waals surface area contributed by atoms with Gasteiger partial charge in [0.05, 0.1) is 12.5 Å². The summed E-state index contributed by atoms with van der Waals surface area (Å²) in [6, 6.07) is 14.8. The van der Waals surface area contributed by atoms with Gasteiger partial charge in [-0.2, -0.15) is 0 Å². The number of carbonyl (C=O) groups is 1. The lowest BCUT2D eigenvalue weighted by Gasteiger charge is -2.11. The second-order valence-corrected chi connectivity index (χ2v) is 8.17. The molecule has 0 radical (unpaired) electrons. The van der Waals surface area contributed by atoms with Crippen molar-refractivity contribution >= 4 is 44.9 Å². The van der Waals surface area contributed by atoms with Gasteiger partial charge in [0.1, 0.15) is 10.1 Å². The molecule has 1 aliphatic rings. The van der Waals surface area contributed by atoms with Crippen molar-refractivity contribution in [2.45, 2.75) is 17.2 Å². The fraction of sp³-hybridized carbons (Fsp3) is 0.278. The minimum Gasteiger partial charge on any atom is -0.497 e. The number of benzene rings is 2. The van der Waals surface area contributed by atoms with Gasteiger partial charge in [0.25, 0.3) is 0 Å². The number of rotatable bonds is 4. The molecule has 0 heterocycles. The van der Waals surface area contributed by atoms with E-state index in [1.807, 2.05) is 31.2 Å². The van der Waals surface area contributed by atoms with Crippen LogP contribution in [-0.4, -0.2) is 17.2 Å². The molecule has 2 aromatic carbocycles. The minimum absolute atomic E-state index is 0.0573. The molecule has 0 N–H and O–H groups in total. The highest BCUT2D eigenvalue weighted by molar-refractivity contribution is 9.10. The van der Waals surface area contributed by atoms with Gasteiger partial charge in [-0.1, -0.05) is 51.3 Å². The van der Waals surface area contributed by atoms with Crippen LogP contribution in [0.25, 0.3) is 0 Å². The molecule has 0 spiro atoms. The van der Waals surface area contributed by atoms with Crippen LogP contribution < -0.4 is 4.74 Å². The maximum absolute atomic E-state index is 13.0. The smallest absolute Gasteiger partial charge is 0.172 e. The van der Waals surface area contributed by atoms with Crippen LogP contribution in [0.5, 0.6) is 5.75 Å². The monoisotopic (exact) mass is 412 g/mol. The molecule has 0 saturated heterocycles. The van der Waals surface area contributed by atoms with E-state index in [1.54, 1.807) is 31.4 Å². The third kappa shape index (κ3) is 2.59. The van der Waals surface area contributed by atoms with E-state index in [4.69, 9.17) is 27.9 Å². The van der Waals surface area contributed by atoms with Gasteiger partial charge in [0, 0.05) is 16.0 Å². The van der Waals surface area contributed by atoms with Crippen LogP contribution in [0.15, 0.2) is 53.0 Å². The van der Waals surface area contributed by atoms with E-state index in [2.05, 4.69) is 15.9 Å². The highest BCUT2D eigenvalue weighted by Crippen LogP contribution is 2.74. The summed E-state index contributed by atoms with van der Waals surface area (Å²) in [6.07, 6.45) is 0. The summed E-state index contributed by atoms with van der Waals surface area (Å²) in [5.41, 5.74) is 0.694. The van der Waals surface area contributed by atoms with Crippen molar-refractivity contribution in [1.29, 1.82) is 0 Å². The van der Waals surface area contributed by atoms with E-state index < -0.39 is 9.75 Å². The van der Waals surface area contributed by atoms with Gasteiger partial charge >= 0.3 is 0 Å². The molecule has 1 aliphatic carbocycles. The predicted molar refractivity (Wildman–Crippen MR) is 96.8 cm³/mol. The zero-order valence-corrected chi connectivity index (χ0v) is 15.7. The second kappa shape index (κ2) is 5.80. The Labute approximate surface area is 153 Å².